The smallest absolute Gasteiger partial charge is 0.116 e. The Hall–Kier alpha value is -1.61. The molecule has 0 saturated heterocycles. The van der Waals surface area contributed by atoms with Crippen LogP contribution in [0.1, 0.15) is 60.8 Å². The van der Waals surface area contributed by atoms with Crippen molar-refractivity contribution < 1.29 is 4.79 Å². The van der Waals surface area contributed by atoms with Crippen LogP contribution in [-0.2, 0) is 4.79 Å². The van der Waals surface area contributed by atoms with E-state index in [-0.39, 0.29) is 0 Å². The van der Waals surface area contributed by atoms with Crippen LogP contribution in [0.4, 0.5) is 0 Å². The van der Waals surface area contributed by atoms with Crippen LogP contribution >= 0.6 is 0 Å². The second-order valence-corrected chi connectivity index (χ2v) is 5.41. The first-order chi connectivity index (χ1) is 10.9. The summed E-state index contributed by atoms with van der Waals surface area (Å²) in [6, 6.07) is 0. The molecule has 0 rings (SSSR count). The van der Waals surface area contributed by atoms with Gasteiger partial charge in [0.2, 0.25) is 0 Å². The Labute approximate surface area is 144 Å². The van der Waals surface area contributed by atoms with Gasteiger partial charge in [-0.2, -0.15) is 0 Å². The molecule has 0 aliphatic heterocycles. The molecular formula is C20H38N2O. The van der Waals surface area contributed by atoms with Crippen molar-refractivity contribution >= 4 is 6.29 Å². The Morgan fingerprint density at radius 3 is 1.91 bits per heavy atom. The zero-order valence-electron chi connectivity index (χ0n) is 16.1. The lowest BCUT2D eigenvalue weighted by molar-refractivity contribution is -0.106. The molecule has 23 heavy (non-hydrogen) atoms. The highest BCUT2D eigenvalue weighted by atomic mass is 16.1. The number of nitrogens with two attached hydrogens (primary N) is 2. The van der Waals surface area contributed by atoms with E-state index in [1.165, 1.54) is 30.9 Å². The van der Waals surface area contributed by atoms with Gasteiger partial charge >= 0.3 is 0 Å². The van der Waals surface area contributed by atoms with E-state index in [4.69, 9.17) is 16.3 Å². The molecule has 0 aromatic rings. The molecule has 0 heterocycles. The van der Waals surface area contributed by atoms with Crippen molar-refractivity contribution in [2.24, 2.45) is 17.4 Å². The summed E-state index contributed by atoms with van der Waals surface area (Å²) in [4.78, 5) is 8.81. The maximum absolute atomic E-state index is 8.81. The summed E-state index contributed by atoms with van der Waals surface area (Å²) in [5.74, 6) is 0.594. The molecule has 0 aromatic heterocycles. The fourth-order valence-corrected chi connectivity index (χ4v) is 2.15. The van der Waals surface area contributed by atoms with E-state index in [9.17, 15) is 0 Å². The topological polar surface area (TPSA) is 69.1 Å². The minimum Gasteiger partial charge on any atom is -0.399 e. The third-order valence-corrected chi connectivity index (χ3v) is 3.25. The van der Waals surface area contributed by atoms with Gasteiger partial charge in [0.1, 0.15) is 6.29 Å². The van der Waals surface area contributed by atoms with Gasteiger partial charge in [-0.1, -0.05) is 31.9 Å². The molecule has 0 spiro atoms. The van der Waals surface area contributed by atoms with E-state index in [0.29, 0.717) is 12.5 Å². The predicted molar refractivity (Wildman–Crippen MR) is 105 cm³/mol. The van der Waals surface area contributed by atoms with E-state index in [1.807, 2.05) is 6.08 Å². The summed E-state index contributed by atoms with van der Waals surface area (Å²) < 4.78 is 0. The zero-order valence-corrected chi connectivity index (χ0v) is 16.1. The lowest BCUT2D eigenvalue weighted by atomic mass is 9.91. The van der Waals surface area contributed by atoms with E-state index in [2.05, 4.69) is 53.9 Å². The third kappa shape index (κ3) is 15.1. The van der Waals surface area contributed by atoms with Crippen LogP contribution in [-0.4, -0.2) is 12.8 Å². The summed E-state index contributed by atoms with van der Waals surface area (Å²) in [6.07, 6.45) is 8.43. The second kappa shape index (κ2) is 18.4. The van der Waals surface area contributed by atoms with Gasteiger partial charge in [0.25, 0.3) is 0 Å². The quantitative estimate of drug-likeness (QED) is 0.398. The largest absolute Gasteiger partial charge is 0.399 e. The molecule has 0 fully saturated rings. The Bertz CT molecular complexity index is 388. The molecule has 0 bridgehead atoms. The fourth-order valence-electron chi connectivity index (χ4n) is 2.15. The number of hydrogen-bond acceptors (Lipinski definition) is 3. The SMILES string of the molecule is C=C.CC=O.CCCC(CC)/C(C)=C(N)/C=C(\C=C(C)C)CN. The van der Waals surface area contributed by atoms with Gasteiger partial charge in [-0.3, -0.25) is 0 Å². The molecule has 134 valence electrons. The van der Waals surface area contributed by atoms with Crippen LogP contribution in [0.2, 0.25) is 0 Å². The summed E-state index contributed by atoms with van der Waals surface area (Å²) in [5.41, 5.74) is 16.5. The number of aldehydes is 1. The predicted octanol–water partition coefficient (Wildman–Crippen LogP) is 4.90. The zero-order chi connectivity index (χ0) is 18.8. The molecular weight excluding hydrogens is 284 g/mol. The Morgan fingerprint density at radius 2 is 1.61 bits per heavy atom. The van der Waals surface area contributed by atoms with Crippen LogP contribution in [0.15, 0.2) is 47.7 Å². The average molecular weight is 323 g/mol. The molecule has 0 radical (unpaired) electrons. The van der Waals surface area contributed by atoms with Crippen molar-refractivity contribution in [2.45, 2.75) is 60.8 Å². The summed E-state index contributed by atoms with van der Waals surface area (Å²) >= 11 is 0. The summed E-state index contributed by atoms with van der Waals surface area (Å²) in [5, 5.41) is 0. The van der Waals surface area contributed by atoms with E-state index in [0.717, 1.165) is 24.0 Å². The Kier molecular flexibility index (Phi) is 21.1. The van der Waals surface area contributed by atoms with Gasteiger partial charge in [0, 0.05) is 12.2 Å². The molecule has 0 aromatic carbocycles. The monoisotopic (exact) mass is 322 g/mol. The summed E-state index contributed by atoms with van der Waals surface area (Å²) in [6.45, 7) is 18.7. The van der Waals surface area contributed by atoms with Crippen molar-refractivity contribution in [3.05, 3.63) is 47.7 Å². The number of rotatable bonds is 7. The standard InChI is InChI=1S/C16H30N2.C2H4O.C2H4/c1-6-8-15(7-2)13(5)16(18)10-14(11-17)9-12(3)4;1-2-3;1-2/h9-10,15H,6-8,11,17-18H2,1-5H3;2H,1H3;1-2H2/b14-10+,16-13-;;. The minimum absolute atomic E-state index is 0.531. The van der Waals surface area contributed by atoms with E-state index >= 15 is 0 Å². The molecule has 1 unspecified atom stereocenters. The van der Waals surface area contributed by atoms with Crippen molar-refractivity contribution in [1.82, 2.24) is 0 Å². The number of allylic oxidation sites excluding steroid dienone is 3. The van der Waals surface area contributed by atoms with Crippen molar-refractivity contribution in [3.63, 3.8) is 0 Å². The summed E-state index contributed by atoms with van der Waals surface area (Å²) in [7, 11) is 0. The third-order valence-electron chi connectivity index (χ3n) is 3.25. The van der Waals surface area contributed by atoms with Crippen molar-refractivity contribution in [1.29, 1.82) is 0 Å². The molecule has 1 atom stereocenters. The van der Waals surface area contributed by atoms with Gasteiger partial charge < -0.3 is 16.3 Å². The van der Waals surface area contributed by atoms with E-state index in [1.54, 1.807) is 0 Å². The first-order valence-corrected chi connectivity index (χ1v) is 8.29. The number of carbonyl (C=O) groups excluding carboxylic acids is 1. The molecule has 0 aliphatic carbocycles. The van der Waals surface area contributed by atoms with Crippen molar-refractivity contribution in [3.8, 4) is 0 Å². The maximum atomic E-state index is 8.81. The second-order valence-electron chi connectivity index (χ2n) is 5.41. The molecule has 0 aliphatic rings. The minimum atomic E-state index is 0.531. The van der Waals surface area contributed by atoms with Crippen LogP contribution in [0.25, 0.3) is 0 Å². The highest BCUT2D eigenvalue weighted by Crippen LogP contribution is 2.22. The molecule has 4 N–H and O–H groups in total. The maximum Gasteiger partial charge on any atom is 0.116 e. The number of hydrogen-bond donors (Lipinski definition) is 2. The van der Waals surface area contributed by atoms with E-state index < -0.39 is 0 Å². The lowest BCUT2D eigenvalue weighted by Gasteiger charge is -2.16. The molecule has 3 heteroatoms. The highest BCUT2D eigenvalue weighted by Gasteiger charge is 2.09. The van der Waals surface area contributed by atoms with Crippen LogP contribution < -0.4 is 11.5 Å². The molecule has 0 saturated carbocycles. The molecule has 0 amide bonds. The van der Waals surface area contributed by atoms with Gasteiger partial charge in [-0.05, 0) is 63.7 Å². The Morgan fingerprint density at radius 1 is 1.13 bits per heavy atom. The lowest BCUT2D eigenvalue weighted by Crippen LogP contribution is -2.10. The highest BCUT2D eigenvalue weighted by molar-refractivity contribution is 5.44. The molecule has 3 nitrogen and oxygen atoms in total. The van der Waals surface area contributed by atoms with Crippen LogP contribution in [0.3, 0.4) is 0 Å². The number of carbonyl (C=O) groups is 1. The first-order valence-electron chi connectivity index (χ1n) is 8.29. The van der Waals surface area contributed by atoms with Crippen LogP contribution in [0.5, 0.6) is 0 Å². The van der Waals surface area contributed by atoms with Gasteiger partial charge in [0.05, 0.1) is 0 Å². The Balaban J connectivity index is -0.000000710. The first kappa shape index (κ1) is 26.3. The van der Waals surface area contributed by atoms with Crippen molar-refractivity contribution in [2.75, 3.05) is 6.54 Å². The van der Waals surface area contributed by atoms with Gasteiger partial charge in [-0.25, -0.2) is 0 Å². The normalized spacial score (nSPS) is 12.6. The van der Waals surface area contributed by atoms with Gasteiger partial charge in [0.15, 0.2) is 0 Å². The fraction of sp³-hybridized carbons (Fsp3) is 0.550. The van der Waals surface area contributed by atoms with Crippen LogP contribution in [0, 0.1) is 5.92 Å². The van der Waals surface area contributed by atoms with Gasteiger partial charge in [-0.15, -0.1) is 13.2 Å². The average Bonchev–Trinajstić information content (AvgIpc) is 2.53.